The van der Waals surface area contributed by atoms with Gasteiger partial charge in [0.05, 0.1) is 0 Å². The fourth-order valence-electron chi connectivity index (χ4n) is 7.51. The number of carbonyl (C=O) groups is 2. The predicted octanol–water partition coefficient (Wildman–Crippen LogP) is 16.6. The van der Waals surface area contributed by atoms with E-state index in [0.29, 0.717) is 13.0 Å². The summed E-state index contributed by atoms with van der Waals surface area (Å²) in [5.74, 6) is -0.896. The molecule has 0 aliphatic carbocycles. The van der Waals surface area contributed by atoms with Crippen molar-refractivity contribution in [3.63, 3.8) is 0 Å². The second-order valence-corrected chi connectivity index (χ2v) is 16.6. The molecule has 4 nitrogen and oxygen atoms in total. The van der Waals surface area contributed by atoms with E-state index in [0.717, 1.165) is 44.9 Å². The summed E-state index contributed by atoms with van der Waals surface area (Å²) in [6.07, 6.45) is 62.0. The summed E-state index contributed by atoms with van der Waals surface area (Å²) in [7, 11) is 0. The first-order valence-corrected chi connectivity index (χ1v) is 24.4. The summed E-state index contributed by atoms with van der Waals surface area (Å²) in [4.78, 5) is 23.9. The number of hydrogen-bond donors (Lipinski definition) is 1. The van der Waals surface area contributed by atoms with Crippen molar-refractivity contribution in [2.24, 2.45) is 0 Å². The Morgan fingerprint density at radius 1 is 0.370 bits per heavy atom. The summed E-state index contributed by atoms with van der Waals surface area (Å²) in [6, 6.07) is 0. The Kier molecular flexibility index (Phi) is 46.5. The van der Waals surface area contributed by atoms with E-state index in [-0.39, 0.29) is 5.97 Å². The van der Waals surface area contributed by atoms with Crippen LogP contribution in [0.4, 0.5) is 0 Å². The number of esters is 2. The highest BCUT2D eigenvalue weighted by atomic mass is 16.6. The topological polar surface area (TPSA) is 63.6 Å². The fourth-order valence-corrected chi connectivity index (χ4v) is 7.51. The molecule has 0 aromatic rings. The SMILES string of the molecule is CCCCCC/C=C\CCCCCCCC(=O)OC(=O)C=CCCCCCCCCCCCCCCCCCCCCCCCCCCCCCCCO. The number of allylic oxidation sites excluding steroid dienone is 3. The summed E-state index contributed by atoms with van der Waals surface area (Å²) >= 11 is 0. The van der Waals surface area contributed by atoms with Gasteiger partial charge in [-0.25, -0.2) is 4.79 Å². The van der Waals surface area contributed by atoms with Gasteiger partial charge in [-0.15, -0.1) is 0 Å². The smallest absolute Gasteiger partial charge is 0.338 e. The molecule has 0 saturated carbocycles. The number of unbranched alkanes of at least 4 members (excludes halogenated alkanes) is 38. The number of rotatable bonds is 45. The van der Waals surface area contributed by atoms with Crippen LogP contribution in [-0.2, 0) is 14.3 Å². The largest absolute Gasteiger partial charge is 0.396 e. The van der Waals surface area contributed by atoms with Crippen LogP contribution >= 0.6 is 0 Å². The van der Waals surface area contributed by atoms with Gasteiger partial charge in [-0.05, 0) is 51.4 Å². The van der Waals surface area contributed by atoms with Crippen LogP contribution in [-0.4, -0.2) is 23.7 Å². The van der Waals surface area contributed by atoms with Crippen LogP contribution < -0.4 is 0 Å². The van der Waals surface area contributed by atoms with Crippen molar-refractivity contribution in [1.82, 2.24) is 0 Å². The summed E-state index contributed by atoms with van der Waals surface area (Å²) in [5.41, 5.74) is 0. The molecule has 0 aliphatic heterocycles. The molecule has 0 spiro atoms. The molecule has 0 unspecified atom stereocenters. The van der Waals surface area contributed by atoms with Crippen LogP contribution in [0.25, 0.3) is 0 Å². The molecule has 54 heavy (non-hydrogen) atoms. The lowest BCUT2D eigenvalue weighted by atomic mass is 10.0. The summed E-state index contributed by atoms with van der Waals surface area (Å²) in [5, 5.41) is 8.81. The van der Waals surface area contributed by atoms with Crippen molar-refractivity contribution < 1.29 is 19.4 Å². The van der Waals surface area contributed by atoms with E-state index in [1.807, 2.05) is 6.08 Å². The molecule has 0 atom stereocenters. The molecule has 0 amide bonds. The van der Waals surface area contributed by atoms with Gasteiger partial charge in [-0.1, -0.05) is 237 Å². The molecule has 0 bridgehead atoms. The zero-order valence-electron chi connectivity index (χ0n) is 36.4. The van der Waals surface area contributed by atoms with Crippen molar-refractivity contribution in [3.05, 3.63) is 24.3 Å². The highest BCUT2D eigenvalue weighted by Crippen LogP contribution is 2.17. The number of carbonyl (C=O) groups excluding carboxylic acids is 2. The molecular formula is C50H94O4. The zero-order valence-corrected chi connectivity index (χ0v) is 36.4. The maximum atomic E-state index is 11.9. The minimum Gasteiger partial charge on any atom is -0.396 e. The first-order chi connectivity index (χ1) is 26.7. The average molecular weight is 759 g/mol. The Labute approximate surface area is 337 Å². The third-order valence-corrected chi connectivity index (χ3v) is 11.1. The molecule has 0 aliphatic rings. The predicted molar refractivity (Wildman–Crippen MR) is 236 cm³/mol. The van der Waals surface area contributed by atoms with Crippen molar-refractivity contribution in [2.75, 3.05) is 6.61 Å². The van der Waals surface area contributed by atoms with Crippen LogP contribution in [0.5, 0.6) is 0 Å². The molecule has 0 heterocycles. The molecule has 0 radical (unpaired) electrons. The van der Waals surface area contributed by atoms with E-state index in [2.05, 4.69) is 19.1 Å². The quantitative estimate of drug-likeness (QED) is 0.0221. The number of hydrogen-bond acceptors (Lipinski definition) is 4. The zero-order chi connectivity index (χ0) is 39.1. The average Bonchev–Trinajstić information content (AvgIpc) is 3.17. The molecule has 0 aromatic heterocycles. The highest BCUT2D eigenvalue weighted by molar-refractivity contribution is 5.91. The van der Waals surface area contributed by atoms with E-state index in [4.69, 9.17) is 9.84 Å². The number of aliphatic hydroxyl groups excluding tert-OH is 1. The van der Waals surface area contributed by atoms with Gasteiger partial charge >= 0.3 is 11.9 Å². The first kappa shape index (κ1) is 52.6. The standard InChI is InChI=1S/C50H94O4/c1-2-3-4-5-6-7-8-28-31-34-37-40-43-46-49(52)54-50(53)47-44-41-38-35-32-29-26-24-22-20-18-16-14-12-10-9-11-13-15-17-19-21-23-25-27-30-33-36-39-42-45-48-51/h7-8,44,47,51H,2-6,9-43,45-46,48H2,1H3/b8-7-,47-44?. The molecule has 0 fully saturated rings. The normalized spacial score (nSPS) is 11.7. The highest BCUT2D eigenvalue weighted by Gasteiger charge is 2.07. The first-order valence-electron chi connectivity index (χ1n) is 24.4. The Bertz CT molecular complexity index is 802. The minimum atomic E-state index is -0.511. The van der Waals surface area contributed by atoms with Crippen molar-refractivity contribution >= 4 is 11.9 Å². The maximum absolute atomic E-state index is 11.9. The molecule has 0 saturated heterocycles. The van der Waals surface area contributed by atoms with Crippen LogP contribution in [0.2, 0.25) is 0 Å². The molecule has 0 rings (SSSR count). The number of ether oxygens (including phenoxy) is 1. The Morgan fingerprint density at radius 3 is 0.981 bits per heavy atom. The van der Waals surface area contributed by atoms with Gasteiger partial charge in [-0.3, -0.25) is 4.79 Å². The van der Waals surface area contributed by atoms with E-state index >= 15 is 0 Å². The third-order valence-electron chi connectivity index (χ3n) is 11.1. The van der Waals surface area contributed by atoms with Gasteiger partial charge < -0.3 is 9.84 Å². The number of aliphatic hydroxyl groups is 1. The van der Waals surface area contributed by atoms with Gasteiger partial charge in [0.2, 0.25) is 0 Å². The molecular weight excluding hydrogens is 665 g/mol. The van der Waals surface area contributed by atoms with E-state index in [1.54, 1.807) is 0 Å². The Balaban J connectivity index is 3.27. The van der Waals surface area contributed by atoms with E-state index < -0.39 is 5.97 Å². The summed E-state index contributed by atoms with van der Waals surface area (Å²) < 4.78 is 4.95. The van der Waals surface area contributed by atoms with Gasteiger partial charge in [-0.2, -0.15) is 0 Å². The van der Waals surface area contributed by atoms with Gasteiger partial charge in [0.15, 0.2) is 0 Å². The van der Waals surface area contributed by atoms with Gasteiger partial charge in [0.1, 0.15) is 0 Å². The molecule has 4 heteroatoms. The van der Waals surface area contributed by atoms with Gasteiger partial charge in [0.25, 0.3) is 0 Å². The minimum absolute atomic E-state index is 0.341. The van der Waals surface area contributed by atoms with E-state index in [9.17, 15) is 9.59 Å². The molecule has 318 valence electrons. The van der Waals surface area contributed by atoms with E-state index in [1.165, 1.54) is 224 Å². The second kappa shape index (κ2) is 47.7. The van der Waals surface area contributed by atoms with Crippen molar-refractivity contribution in [2.45, 2.75) is 277 Å². The lowest BCUT2D eigenvalue weighted by Crippen LogP contribution is -2.09. The van der Waals surface area contributed by atoms with Crippen LogP contribution in [0.1, 0.15) is 277 Å². The fraction of sp³-hybridized carbons (Fsp3) is 0.880. The second-order valence-electron chi connectivity index (χ2n) is 16.6. The third kappa shape index (κ3) is 46.7. The monoisotopic (exact) mass is 759 g/mol. The van der Waals surface area contributed by atoms with Gasteiger partial charge in [0, 0.05) is 19.1 Å². The van der Waals surface area contributed by atoms with Crippen LogP contribution in [0.3, 0.4) is 0 Å². The van der Waals surface area contributed by atoms with Crippen LogP contribution in [0, 0.1) is 0 Å². The Hall–Kier alpha value is -1.42. The lowest BCUT2D eigenvalue weighted by Gasteiger charge is -2.04. The Morgan fingerprint density at radius 2 is 0.648 bits per heavy atom. The molecule has 1 N–H and O–H groups in total. The molecule has 0 aromatic carbocycles. The maximum Gasteiger partial charge on any atom is 0.338 e. The van der Waals surface area contributed by atoms with Crippen molar-refractivity contribution in [1.29, 1.82) is 0 Å². The van der Waals surface area contributed by atoms with Crippen molar-refractivity contribution in [3.8, 4) is 0 Å². The van der Waals surface area contributed by atoms with Crippen LogP contribution in [0.15, 0.2) is 24.3 Å². The summed E-state index contributed by atoms with van der Waals surface area (Å²) in [6.45, 7) is 2.61. The lowest BCUT2D eigenvalue weighted by molar-refractivity contribution is -0.156.